The zero-order valence-electron chi connectivity index (χ0n) is 15.4. The van der Waals surface area contributed by atoms with Crippen molar-refractivity contribution in [2.75, 3.05) is 0 Å². The number of rotatable bonds is 6. The van der Waals surface area contributed by atoms with Gasteiger partial charge in [-0.3, -0.25) is 14.2 Å². The Kier molecular flexibility index (Phi) is 4.75. The van der Waals surface area contributed by atoms with Crippen LogP contribution < -0.4 is 5.56 Å². The van der Waals surface area contributed by atoms with Gasteiger partial charge in [-0.2, -0.15) is 0 Å². The molecule has 138 valence electrons. The van der Waals surface area contributed by atoms with Crippen molar-refractivity contribution in [1.29, 1.82) is 0 Å². The third kappa shape index (κ3) is 3.77. The van der Waals surface area contributed by atoms with E-state index in [4.69, 9.17) is 0 Å². The standard InChI is InChI=1S/C22H23N3O2/c1-16(18-11-12-18)25(13-17-7-3-2-4-8-17)21(26)14-24-15-23-20-10-6-5-9-19(20)22(24)27/h2-10,15-16,18H,11-14H2,1H3/t16-/m1/s1. The summed E-state index contributed by atoms with van der Waals surface area (Å²) in [5.74, 6) is 0.515. The van der Waals surface area contributed by atoms with Crippen LogP contribution in [-0.2, 0) is 17.9 Å². The van der Waals surface area contributed by atoms with Gasteiger partial charge in [0.1, 0.15) is 6.54 Å². The van der Waals surface area contributed by atoms with Crippen LogP contribution in [0.5, 0.6) is 0 Å². The van der Waals surface area contributed by atoms with Gasteiger partial charge in [0.05, 0.1) is 17.2 Å². The highest BCUT2D eigenvalue weighted by atomic mass is 16.2. The maximum Gasteiger partial charge on any atom is 0.261 e. The minimum atomic E-state index is -0.173. The van der Waals surface area contributed by atoms with E-state index in [1.54, 1.807) is 12.1 Å². The average molecular weight is 361 g/mol. The first-order valence-corrected chi connectivity index (χ1v) is 9.41. The van der Waals surface area contributed by atoms with E-state index in [1.165, 1.54) is 10.9 Å². The second-order valence-electron chi connectivity index (χ2n) is 7.28. The molecule has 0 radical (unpaired) electrons. The molecule has 0 unspecified atom stereocenters. The van der Waals surface area contributed by atoms with Crippen LogP contribution in [0.15, 0.2) is 65.7 Å². The Bertz CT molecular complexity index is 1010. The lowest BCUT2D eigenvalue weighted by Gasteiger charge is -2.30. The second-order valence-corrected chi connectivity index (χ2v) is 7.28. The molecule has 27 heavy (non-hydrogen) atoms. The number of nitrogens with zero attached hydrogens (tertiary/aromatic N) is 3. The number of para-hydroxylation sites is 1. The molecule has 0 aliphatic heterocycles. The first kappa shape index (κ1) is 17.5. The van der Waals surface area contributed by atoms with Crippen LogP contribution >= 0.6 is 0 Å². The van der Waals surface area contributed by atoms with Gasteiger partial charge >= 0.3 is 0 Å². The molecule has 5 heteroatoms. The van der Waals surface area contributed by atoms with Gasteiger partial charge in [0, 0.05) is 12.6 Å². The van der Waals surface area contributed by atoms with Crippen molar-refractivity contribution in [3.63, 3.8) is 0 Å². The predicted octanol–water partition coefficient (Wildman–Crippen LogP) is 3.22. The van der Waals surface area contributed by atoms with Crippen molar-refractivity contribution >= 4 is 16.8 Å². The summed E-state index contributed by atoms with van der Waals surface area (Å²) in [5, 5.41) is 0.539. The molecule has 4 rings (SSSR count). The summed E-state index contributed by atoms with van der Waals surface area (Å²) < 4.78 is 1.42. The van der Waals surface area contributed by atoms with Gasteiger partial charge in [0.15, 0.2) is 0 Å². The molecule has 0 bridgehead atoms. The highest BCUT2D eigenvalue weighted by Gasteiger charge is 2.34. The summed E-state index contributed by atoms with van der Waals surface area (Å²) in [6.07, 6.45) is 3.81. The molecule has 2 aromatic carbocycles. The highest BCUT2D eigenvalue weighted by Crippen LogP contribution is 2.35. The smallest absolute Gasteiger partial charge is 0.261 e. The van der Waals surface area contributed by atoms with E-state index in [1.807, 2.05) is 47.4 Å². The summed E-state index contributed by atoms with van der Waals surface area (Å²) in [6.45, 7) is 2.69. The molecule has 1 fully saturated rings. The van der Waals surface area contributed by atoms with Crippen molar-refractivity contribution in [1.82, 2.24) is 14.5 Å². The maximum atomic E-state index is 13.1. The number of benzene rings is 2. The molecule has 1 aliphatic carbocycles. The van der Waals surface area contributed by atoms with E-state index in [0.29, 0.717) is 23.4 Å². The van der Waals surface area contributed by atoms with Gasteiger partial charge in [-0.05, 0) is 43.4 Å². The Morgan fingerprint density at radius 3 is 2.59 bits per heavy atom. The molecular formula is C22H23N3O2. The average Bonchev–Trinajstić information content (AvgIpc) is 3.54. The fourth-order valence-electron chi connectivity index (χ4n) is 3.53. The SMILES string of the molecule is C[C@H](C1CC1)N(Cc1ccccc1)C(=O)Cn1cnc2ccccc2c1=O. The molecule has 1 amide bonds. The number of amides is 1. The molecule has 0 spiro atoms. The summed E-state index contributed by atoms with van der Waals surface area (Å²) in [7, 11) is 0. The minimum Gasteiger partial charge on any atom is -0.334 e. The van der Waals surface area contributed by atoms with E-state index >= 15 is 0 Å². The van der Waals surface area contributed by atoms with Crippen LogP contribution in [0.3, 0.4) is 0 Å². The minimum absolute atomic E-state index is 0.0144. The largest absolute Gasteiger partial charge is 0.334 e. The van der Waals surface area contributed by atoms with Crippen molar-refractivity contribution < 1.29 is 4.79 Å². The number of carbonyl (C=O) groups is 1. The molecule has 1 saturated carbocycles. The Labute approximate surface area is 158 Å². The van der Waals surface area contributed by atoms with E-state index < -0.39 is 0 Å². The van der Waals surface area contributed by atoms with Crippen LogP contribution in [0.2, 0.25) is 0 Å². The van der Waals surface area contributed by atoms with Crippen molar-refractivity contribution in [3.8, 4) is 0 Å². The third-order valence-corrected chi connectivity index (χ3v) is 5.35. The highest BCUT2D eigenvalue weighted by molar-refractivity contribution is 5.79. The molecule has 1 aromatic heterocycles. The van der Waals surface area contributed by atoms with E-state index in [-0.39, 0.29) is 24.1 Å². The van der Waals surface area contributed by atoms with Gasteiger partial charge in [0.25, 0.3) is 5.56 Å². The monoisotopic (exact) mass is 361 g/mol. The summed E-state index contributed by atoms with van der Waals surface area (Å²) in [4.78, 5) is 32.1. The summed E-state index contributed by atoms with van der Waals surface area (Å²) in [5.41, 5.74) is 1.58. The van der Waals surface area contributed by atoms with Gasteiger partial charge in [-0.15, -0.1) is 0 Å². The number of hydrogen-bond acceptors (Lipinski definition) is 3. The lowest BCUT2D eigenvalue weighted by Crippen LogP contribution is -2.42. The molecule has 1 heterocycles. The molecule has 0 saturated heterocycles. The summed E-state index contributed by atoms with van der Waals surface area (Å²) >= 11 is 0. The molecule has 0 N–H and O–H groups in total. The predicted molar refractivity (Wildman–Crippen MR) is 105 cm³/mol. The van der Waals surface area contributed by atoms with Crippen LogP contribution in [0.25, 0.3) is 10.9 Å². The van der Waals surface area contributed by atoms with Crippen LogP contribution in [0.1, 0.15) is 25.3 Å². The van der Waals surface area contributed by atoms with Gasteiger partial charge < -0.3 is 4.90 Å². The van der Waals surface area contributed by atoms with E-state index in [9.17, 15) is 9.59 Å². The van der Waals surface area contributed by atoms with Crippen molar-refractivity contribution in [2.24, 2.45) is 5.92 Å². The van der Waals surface area contributed by atoms with Gasteiger partial charge in [-0.1, -0.05) is 42.5 Å². The Balaban J connectivity index is 1.60. The first-order chi connectivity index (χ1) is 13.1. The Hall–Kier alpha value is -2.95. The topological polar surface area (TPSA) is 55.2 Å². The second kappa shape index (κ2) is 7.35. The van der Waals surface area contributed by atoms with Crippen LogP contribution in [0.4, 0.5) is 0 Å². The van der Waals surface area contributed by atoms with Gasteiger partial charge in [-0.25, -0.2) is 4.98 Å². The van der Waals surface area contributed by atoms with Gasteiger partial charge in [0.2, 0.25) is 5.91 Å². The fraction of sp³-hybridized carbons (Fsp3) is 0.318. The number of hydrogen-bond donors (Lipinski definition) is 0. The fourth-order valence-corrected chi connectivity index (χ4v) is 3.53. The quantitative estimate of drug-likeness (QED) is 0.677. The summed E-state index contributed by atoms with van der Waals surface area (Å²) in [6, 6.07) is 17.4. The zero-order valence-corrected chi connectivity index (χ0v) is 15.4. The maximum absolute atomic E-state index is 13.1. The number of fused-ring (bicyclic) bond motifs is 1. The number of aromatic nitrogens is 2. The van der Waals surface area contributed by atoms with Crippen LogP contribution in [-0.4, -0.2) is 26.4 Å². The molecule has 3 aromatic rings. The van der Waals surface area contributed by atoms with Crippen molar-refractivity contribution in [3.05, 3.63) is 76.8 Å². The van der Waals surface area contributed by atoms with Crippen LogP contribution in [0, 0.1) is 5.92 Å². The lowest BCUT2D eigenvalue weighted by atomic mass is 10.1. The van der Waals surface area contributed by atoms with Crippen molar-refractivity contribution in [2.45, 2.75) is 38.9 Å². The first-order valence-electron chi connectivity index (χ1n) is 9.41. The number of carbonyl (C=O) groups excluding carboxylic acids is 1. The molecule has 1 atom stereocenters. The molecular weight excluding hydrogens is 338 g/mol. The Morgan fingerprint density at radius 1 is 1.15 bits per heavy atom. The molecule has 1 aliphatic rings. The Morgan fingerprint density at radius 2 is 1.85 bits per heavy atom. The van der Waals surface area contributed by atoms with E-state index in [0.717, 1.165) is 18.4 Å². The molecule has 5 nitrogen and oxygen atoms in total. The zero-order chi connectivity index (χ0) is 18.8. The lowest BCUT2D eigenvalue weighted by molar-refractivity contribution is -0.135. The normalized spacial score (nSPS) is 14.9. The third-order valence-electron chi connectivity index (χ3n) is 5.35. The van der Waals surface area contributed by atoms with E-state index in [2.05, 4.69) is 11.9 Å².